The SMILES string of the molecule is OC[C@H]1N[C@@H](c2c[nH]c3c(=S)nc[nH]c23)C(O)[C@H]1O. The molecule has 8 heteroatoms. The second kappa shape index (κ2) is 4.66. The maximum absolute atomic E-state index is 10.1. The summed E-state index contributed by atoms with van der Waals surface area (Å²) >= 11 is 5.11. The lowest BCUT2D eigenvalue weighted by Crippen LogP contribution is -2.35. The number of hydrogen-bond acceptors (Lipinski definition) is 6. The van der Waals surface area contributed by atoms with Crippen LogP contribution in [0, 0.1) is 4.64 Å². The van der Waals surface area contributed by atoms with Gasteiger partial charge >= 0.3 is 0 Å². The Kier molecular flexibility index (Phi) is 3.11. The molecule has 0 radical (unpaired) electrons. The van der Waals surface area contributed by atoms with Gasteiger partial charge in [-0.1, -0.05) is 12.2 Å². The number of aliphatic hydroxyl groups excluding tert-OH is 3. The third-order valence-electron chi connectivity index (χ3n) is 3.54. The summed E-state index contributed by atoms with van der Waals surface area (Å²) in [6.07, 6.45) is 1.20. The van der Waals surface area contributed by atoms with Gasteiger partial charge in [0.25, 0.3) is 0 Å². The molecule has 3 heterocycles. The summed E-state index contributed by atoms with van der Waals surface area (Å²) in [5.41, 5.74) is 2.18. The number of fused-ring (bicyclic) bond motifs is 1. The van der Waals surface area contributed by atoms with E-state index in [1.165, 1.54) is 6.33 Å². The van der Waals surface area contributed by atoms with Crippen LogP contribution < -0.4 is 5.32 Å². The molecule has 19 heavy (non-hydrogen) atoms. The zero-order valence-electron chi connectivity index (χ0n) is 9.87. The molecule has 0 saturated carbocycles. The second-order valence-electron chi connectivity index (χ2n) is 4.62. The Bertz CT molecular complexity index is 655. The van der Waals surface area contributed by atoms with Crippen LogP contribution in [0.4, 0.5) is 0 Å². The number of aromatic amines is 2. The molecule has 0 aromatic carbocycles. The van der Waals surface area contributed by atoms with Crippen LogP contribution in [-0.2, 0) is 0 Å². The van der Waals surface area contributed by atoms with Crippen LogP contribution in [0.5, 0.6) is 0 Å². The smallest absolute Gasteiger partial charge is 0.153 e. The molecular weight excluding hydrogens is 268 g/mol. The van der Waals surface area contributed by atoms with E-state index in [1.54, 1.807) is 6.20 Å². The largest absolute Gasteiger partial charge is 0.395 e. The fourth-order valence-electron chi connectivity index (χ4n) is 2.53. The van der Waals surface area contributed by atoms with Crippen LogP contribution in [0.15, 0.2) is 12.5 Å². The molecule has 0 aliphatic carbocycles. The van der Waals surface area contributed by atoms with E-state index < -0.39 is 24.3 Å². The fraction of sp³-hybridized carbons (Fsp3) is 0.455. The van der Waals surface area contributed by atoms with E-state index in [4.69, 9.17) is 17.3 Å². The summed E-state index contributed by atoms with van der Waals surface area (Å²) in [7, 11) is 0. The van der Waals surface area contributed by atoms with E-state index in [9.17, 15) is 10.2 Å². The highest BCUT2D eigenvalue weighted by Crippen LogP contribution is 2.31. The van der Waals surface area contributed by atoms with Crippen molar-refractivity contribution < 1.29 is 15.3 Å². The molecule has 102 valence electrons. The van der Waals surface area contributed by atoms with Crippen molar-refractivity contribution in [2.45, 2.75) is 24.3 Å². The third-order valence-corrected chi connectivity index (χ3v) is 3.85. The van der Waals surface area contributed by atoms with Gasteiger partial charge in [0.1, 0.15) is 6.10 Å². The van der Waals surface area contributed by atoms with Gasteiger partial charge in [-0.15, -0.1) is 0 Å². The number of nitrogens with one attached hydrogen (secondary N) is 3. The second-order valence-corrected chi connectivity index (χ2v) is 5.00. The summed E-state index contributed by atoms with van der Waals surface area (Å²) in [4.78, 5) is 9.96. The molecule has 0 spiro atoms. The van der Waals surface area contributed by atoms with Gasteiger partial charge in [-0.3, -0.25) is 0 Å². The highest BCUT2D eigenvalue weighted by atomic mass is 32.1. The number of hydrogen-bond donors (Lipinski definition) is 6. The Morgan fingerprint density at radius 3 is 2.68 bits per heavy atom. The third kappa shape index (κ3) is 1.88. The standard InChI is InChI=1S/C11H14N4O3S/c16-2-5-9(17)10(18)7(15-5)4-1-12-8-6(4)13-3-14-11(8)19/h1,3,5,7,9-10,12,15-18H,2H2,(H,13,14,19)/t5-,7+,9+,10?/m1/s1. The van der Waals surface area contributed by atoms with Crippen molar-refractivity contribution in [3.05, 3.63) is 22.7 Å². The van der Waals surface area contributed by atoms with Crippen molar-refractivity contribution in [2.24, 2.45) is 0 Å². The van der Waals surface area contributed by atoms with Crippen molar-refractivity contribution in [3.63, 3.8) is 0 Å². The van der Waals surface area contributed by atoms with Crippen molar-refractivity contribution in [3.8, 4) is 0 Å². The average Bonchev–Trinajstić information content (AvgIpc) is 2.94. The van der Waals surface area contributed by atoms with Crippen molar-refractivity contribution in [1.82, 2.24) is 20.3 Å². The first-order valence-corrected chi connectivity index (χ1v) is 6.32. The van der Waals surface area contributed by atoms with Crippen LogP contribution >= 0.6 is 12.2 Å². The first-order valence-electron chi connectivity index (χ1n) is 5.91. The predicted octanol–water partition coefficient (Wildman–Crippen LogP) is -0.653. The van der Waals surface area contributed by atoms with Crippen LogP contribution in [0.2, 0.25) is 0 Å². The summed E-state index contributed by atoms with van der Waals surface area (Å²) in [5.74, 6) is 0. The van der Waals surface area contributed by atoms with Gasteiger partial charge in [0, 0.05) is 11.8 Å². The number of aliphatic hydroxyl groups is 3. The Labute approximate surface area is 113 Å². The minimum atomic E-state index is -1.01. The molecule has 6 N–H and O–H groups in total. The van der Waals surface area contributed by atoms with E-state index in [1.807, 2.05) is 0 Å². The van der Waals surface area contributed by atoms with E-state index in [-0.39, 0.29) is 6.61 Å². The molecule has 4 atom stereocenters. The van der Waals surface area contributed by atoms with E-state index >= 15 is 0 Å². The fourth-order valence-corrected chi connectivity index (χ4v) is 2.74. The Balaban J connectivity index is 2.06. The lowest BCUT2D eigenvalue weighted by Gasteiger charge is -2.14. The molecule has 1 aliphatic rings. The normalized spacial score (nSPS) is 31.1. The maximum Gasteiger partial charge on any atom is 0.153 e. The van der Waals surface area contributed by atoms with Crippen LogP contribution in [0.1, 0.15) is 11.6 Å². The molecule has 1 saturated heterocycles. The molecule has 2 aromatic heterocycles. The minimum Gasteiger partial charge on any atom is -0.395 e. The van der Waals surface area contributed by atoms with Crippen molar-refractivity contribution in [2.75, 3.05) is 6.61 Å². The topological polar surface area (TPSA) is 117 Å². The van der Waals surface area contributed by atoms with Crippen LogP contribution in [0.3, 0.4) is 0 Å². The molecule has 7 nitrogen and oxygen atoms in total. The predicted molar refractivity (Wildman–Crippen MR) is 70.0 cm³/mol. The van der Waals surface area contributed by atoms with Gasteiger partial charge in [0.05, 0.1) is 42.2 Å². The summed E-state index contributed by atoms with van der Waals surface area (Å²) in [6.45, 7) is -0.241. The average molecular weight is 282 g/mol. The molecule has 2 aromatic rings. The zero-order chi connectivity index (χ0) is 13.6. The van der Waals surface area contributed by atoms with Gasteiger partial charge < -0.3 is 30.6 Å². The molecule has 3 rings (SSSR count). The molecule has 0 bridgehead atoms. The quantitative estimate of drug-likeness (QED) is 0.408. The van der Waals surface area contributed by atoms with E-state index in [2.05, 4.69) is 20.3 Å². The Morgan fingerprint density at radius 1 is 1.21 bits per heavy atom. The van der Waals surface area contributed by atoms with Gasteiger partial charge in [-0.25, -0.2) is 4.98 Å². The van der Waals surface area contributed by atoms with Gasteiger partial charge in [0.15, 0.2) is 4.64 Å². The summed E-state index contributed by atoms with van der Waals surface area (Å²) in [5, 5.41) is 32.1. The molecule has 1 unspecified atom stereocenters. The van der Waals surface area contributed by atoms with Crippen LogP contribution in [0.25, 0.3) is 11.0 Å². The number of nitrogens with zero attached hydrogens (tertiary/aromatic N) is 1. The lowest BCUT2D eigenvalue weighted by molar-refractivity contribution is 0.0196. The minimum absolute atomic E-state index is 0.241. The lowest BCUT2D eigenvalue weighted by atomic mass is 10.0. The Hall–Kier alpha value is -1.32. The monoisotopic (exact) mass is 282 g/mol. The first kappa shape index (κ1) is 12.7. The molecule has 1 aliphatic heterocycles. The number of H-pyrrole nitrogens is 2. The zero-order valence-corrected chi connectivity index (χ0v) is 10.7. The highest BCUT2D eigenvalue weighted by molar-refractivity contribution is 7.71. The molecular formula is C11H14N4O3S. The van der Waals surface area contributed by atoms with E-state index in [0.29, 0.717) is 10.2 Å². The van der Waals surface area contributed by atoms with Crippen molar-refractivity contribution in [1.29, 1.82) is 0 Å². The first-order chi connectivity index (χ1) is 9.13. The van der Waals surface area contributed by atoms with E-state index in [0.717, 1.165) is 11.1 Å². The number of rotatable bonds is 2. The highest BCUT2D eigenvalue weighted by Gasteiger charge is 2.42. The van der Waals surface area contributed by atoms with Crippen molar-refractivity contribution >= 4 is 23.3 Å². The summed E-state index contributed by atoms with van der Waals surface area (Å²) in [6, 6.07) is -1.02. The van der Waals surface area contributed by atoms with Gasteiger partial charge in [0.2, 0.25) is 0 Å². The van der Waals surface area contributed by atoms with Crippen LogP contribution in [-0.4, -0.2) is 55.1 Å². The van der Waals surface area contributed by atoms with Gasteiger partial charge in [-0.2, -0.15) is 0 Å². The molecule has 0 amide bonds. The Morgan fingerprint density at radius 2 is 2.00 bits per heavy atom. The maximum atomic E-state index is 10.1. The molecule has 1 fully saturated rings. The number of aromatic nitrogens is 3. The van der Waals surface area contributed by atoms with Gasteiger partial charge in [-0.05, 0) is 0 Å². The summed E-state index contributed by atoms with van der Waals surface area (Å²) < 4.78 is 0.437.